The largest absolute Gasteiger partial charge is 0.493 e. The van der Waals surface area contributed by atoms with E-state index in [1.54, 1.807) is 42.5 Å². The highest BCUT2D eigenvalue weighted by atomic mass is 16.5. The molecule has 0 bridgehead atoms. The molecule has 0 aromatic heterocycles. The summed E-state index contributed by atoms with van der Waals surface area (Å²) in [7, 11) is 0. The standard InChI is InChI=1S/C25H26N2O3/c1-18(2)17-30-23-13-6-10-20(15-23)25(29)27-22-12-7-11-21(16-22)26-24(28)14-19-8-4-3-5-9-19/h3-13,15-16,18H,14,17H2,1-2H3,(H,26,28)(H,27,29). The molecule has 0 aliphatic heterocycles. The minimum Gasteiger partial charge on any atom is -0.493 e. The summed E-state index contributed by atoms with van der Waals surface area (Å²) < 4.78 is 5.69. The zero-order valence-corrected chi connectivity index (χ0v) is 17.2. The van der Waals surface area contributed by atoms with Crippen LogP contribution in [0.1, 0.15) is 29.8 Å². The molecule has 2 N–H and O–H groups in total. The number of hydrogen-bond acceptors (Lipinski definition) is 3. The molecule has 0 saturated heterocycles. The highest BCUT2D eigenvalue weighted by Gasteiger charge is 2.09. The molecule has 0 heterocycles. The summed E-state index contributed by atoms with van der Waals surface area (Å²) in [4.78, 5) is 24.9. The van der Waals surface area contributed by atoms with Gasteiger partial charge in [0.1, 0.15) is 5.75 Å². The van der Waals surface area contributed by atoms with Crippen molar-refractivity contribution in [1.29, 1.82) is 0 Å². The molecule has 3 rings (SSSR count). The fourth-order valence-corrected chi connectivity index (χ4v) is 2.85. The number of anilines is 2. The van der Waals surface area contributed by atoms with Crippen LogP contribution in [0.25, 0.3) is 0 Å². The van der Waals surface area contributed by atoms with Crippen LogP contribution in [0.4, 0.5) is 11.4 Å². The van der Waals surface area contributed by atoms with E-state index in [9.17, 15) is 9.59 Å². The number of benzene rings is 3. The van der Waals surface area contributed by atoms with Crippen molar-refractivity contribution in [2.45, 2.75) is 20.3 Å². The lowest BCUT2D eigenvalue weighted by Gasteiger charge is -2.11. The first-order chi connectivity index (χ1) is 14.5. The van der Waals surface area contributed by atoms with Gasteiger partial charge in [0.2, 0.25) is 5.91 Å². The molecular weight excluding hydrogens is 376 g/mol. The van der Waals surface area contributed by atoms with E-state index in [0.29, 0.717) is 41.6 Å². The zero-order chi connectivity index (χ0) is 21.3. The maximum atomic E-state index is 12.6. The van der Waals surface area contributed by atoms with Gasteiger partial charge in [-0.1, -0.05) is 56.3 Å². The van der Waals surface area contributed by atoms with Crippen molar-refractivity contribution in [2.24, 2.45) is 5.92 Å². The second-order valence-corrected chi connectivity index (χ2v) is 7.48. The van der Waals surface area contributed by atoms with Crippen molar-refractivity contribution in [3.63, 3.8) is 0 Å². The SMILES string of the molecule is CC(C)COc1cccc(C(=O)Nc2cccc(NC(=O)Cc3ccccc3)c2)c1. The molecular formula is C25H26N2O3. The lowest BCUT2D eigenvalue weighted by molar-refractivity contribution is -0.115. The summed E-state index contributed by atoms with van der Waals surface area (Å²) >= 11 is 0. The molecule has 154 valence electrons. The predicted octanol–water partition coefficient (Wildman–Crippen LogP) is 5.15. The van der Waals surface area contributed by atoms with E-state index in [4.69, 9.17) is 4.74 Å². The van der Waals surface area contributed by atoms with Gasteiger partial charge in [-0.2, -0.15) is 0 Å². The Kier molecular flexibility index (Phi) is 7.22. The molecule has 0 atom stereocenters. The third-order valence-corrected chi connectivity index (χ3v) is 4.29. The van der Waals surface area contributed by atoms with Crippen molar-refractivity contribution in [3.8, 4) is 5.75 Å². The van der Waals surface area contributed by atoms with Gasteiger partial charge in [0.25, 0.3) is 5.91 Å². The number of carbonyl (C=O) groups excluding carboxylic acids is 2. The van der Waals surface area contributed by atoms with Crippen LogP contribution in [0.2, 0.25) is 0 Å². The van der Waals surface area contributed by atoms with Gasteiger partial charge in [-0.25, -0.2) is 0 Å². The van der Waals surface area contributed by atoms with Crippen LogP contribution in [0, 0.1) is 5.92 Å². The van der Waals surface area contributed by atoms with Gasteiger partial charge in [-0.15, -0.1) is 0 Å². The maximum absolute atomic E-state index is 12.6. The average molecular weight is 402 g/mol. The third-order valence-electron chi connectivity index (χ3n) is 4.29. The highest BCUT2D eigenvalue weighted by molar-refractivity contribution is 6.05. The predicted molar refractivity (Wildman–Crippen MR) is 120 cm³/mol. The topological polar surface area (TPSA) is 67.4 Å². The number of ether oxygens (including phenoxy) is 1. The van der Waals surface area contributed by atoms with Crippen LogP contribution in [-0.4, -0.2) is 18.4 Å². The molecule has 2 amide bonds. The van der Waals surface area contributed by atoms with Gasteiger partial charge in [-0.3, -0.25) is 9.59 Å². The molecule has 0 saturated carbocycles. The first kappa shape index (κ1) is 21.1. The molecule has 0 radical (unpaired) electrons. The first-order valence-corrected chi connectivity index (χ1v) is 9.97. The van der Waals surface area contributed by atoms with Crippen LogP contribution < -0.4 is 15.4 Å². The lowest BCUT2D eigenvalue weighted by Crippen LogP contribution is -2.15. The van der Waals surface area contributed by atoms with E-state index in [1.807, 2.05) is 36.4 Å². The Bertz CT molecular complexity index is 1000. The van der Waals surface area contributed by atoms with Gasteiger partial charge in [0.05, 0.1) is 13.0 Å². The Morgan fingerprint density at radius 1 is 0.833 bits per heavy atom. The first-order valence-electron chi connectivity index (χ1n) is 9.97. The summed E-state index contributed by atoms with van der Waals surface area (Å²) in [5, 5.41) is 5.74. The molecule has 0 aliphatic carbocycles. The van der Waals surface area contributed by atoms with E-state index in [-0.39, 0.29) is 11.8 Å². The van der Waals surface area contributed by atoms with Crippen molar-refractivity contribution in [3.05, 3.63) is 90.0 Å². The molecule has 30 heavy (non-hydrogen) atoms. The van der Waals surface area contributed by atoms with Gasteiger partial charge in [-0.05, 0) is 47.9 Å². The van der Waals surface area contributed by atoms with E-state index >= 15 is 0 Å². The summed E-state index contributed by atoms with van der Waals surface area (Å²) in [6.07, 6.45) is 0.292. The van der Waals surface area contributed by atoms with Crippen LogP contribution in [-0.2, 0) is 11.2 Å². The molecule has 0 fully saturated rings. The highest BCUT2D eigenvalue weighted by Crippen LogP contribution is 2.19. The van der Waals surface area contributed by atoms with Crippen molar-refractivity contribution in [2.75, 3.05) is 17.2 Å². The van der Waals surface area contributed by atoms with Crippen LogP contribution in [0.5, 0.6) is 5.75 Å². The molecule has 0 spiro atoms. The fraction of sp³-hybridized carbons (Fsp3) is 0.200. The smallest absolute Gasteiger partial charge is 0.255 e. The molecule has 5 nitrogen and oxygen atoms in total. The third kappa shape index (κ3) is 6.48. The molecule has 0 unspecified atom stereocenters. The van der Waals surface area contributed by atoms with Crippen molar-refractivity contribution < 1.29 is 14.3 Å². The number of carbonyl (C=O) groups is 2. The molecule has 0 aliphatic rings. The van der Waals surface area contributed by atoms with Gasteiger partial charge >= 0.3 is 0 Å². The quantitative estimate of drug-likeness (QED) is 0.547. The van der Waals surface area contributed by atoms with Crippen LogP contribution in [0.3, 0.4) is 0 Å². The van der Waals surface area contributed by atoms with E-state index < -0.39 is 0 Å². The Morgan fingerprint density at radius 2 is 1.53 bits per heavy atom. The zero-order valence-electron chi connectivity index (χ0n) is 17.2. The van der Waals surface area contributed by atoms with Gasteiger partial charge in [0.15, 0.2) is 0 Å². The van der Waals surface area contributed by atoms with Crippen molar-refractivity contribution in [1.82, 2.24) is 0 Å². The molecule has 3 aromatic carbocycles. The Morgan fingerprint density at radius 3 is 2.27 bits per heavy atom. The lowest BCUT2D eigenvalue weighted by atomic mass is 10.1. The van der Waals surface area contributed by atoms with E-state index in [0.717, 1.165) is 5.56 Å². The normalized spacial score (nSPS) is 10.5. The number of hydrogen-bond donors (Lipinski definition) is 2. The Hall–Kier alpha value is -3.60. The summed E-state index contributed by atoms with van der Waals surface area (Å²) in [6.45, 7) is 4.74. The van der Waals surface area contributed by atoms with Gasteiger partial charge in [0, 0.05) is 16.9 Å². The Labute approximate surface area is 177 Å². The fourth-order valence-electron chi connectivity index (χ4n) is 2.85. The van der Waals surface area contributed by atoms with Crippen LogP contribution >= 0.6 is 0 Å². The number of rotatable bonds is 8. The number of amides is 2. The maximum Gasteiger partial charge on any atom is 0.255 e. The molecule has 3 aromatic rings. The minimum atomic E-state index is -0.238. The second kappa shape index (κ2) is 10.3. The summed E-state index contributed by atoms with van der Waals surface area (Å²) in [5.41, 5.74) is 2.68. The van der Waals surface area contributed by atoms with Crippen LogP contribution in [0.15, 0.2) is 78.9 Å². The summed E-state index contributed by atoms with van der Waals surface area (Å²) in [5.74, 6) is 0.720. The Balaban J connectivity index is 1.61. The van der Waals surface area contributed by atoms with E-state index in [2.05, 4.69) is 24.5 Å². The second-order valence-electron chi connectivity index (χ2n) is 7.48. The van der Waals surface area contributed by atoms with Gasteiger partial charge < -0.3 is 15.4 Å². The molecule has 5 heteroatoms. The minimum absolute atomic E-state index is 0.111. The number of nitrogens with one attached hydrogen (secondary N) is 2. The summed E-state index contributed by atoms with van der Waals surface area (Å²) in [6, 6.07) is 23.7. The van der Waals surface area contributed by atoms with Crippen molar-refractivity contribution >= 4 is 23.2 Å². The van der Waals surface area contributed by atoms with E-state index in [1.165, 1.54) is 0 Å². The monoisotopic (exact) mass is 402 g/mol. The average Bonchev–Trinajstić information content (AvgIpc) is 2.73.